The van der Waals surface area contributed by atoms with Crippen LogP contribution in [0, 0.1) is 0 Å². The van der Waals surface area contributed by atoms with E-state index in [9.17, 15) is 0 Å². The van der Waals surface area contributed by atoms with Gasteiger partial charge in [0.2, 0.25) is 0 Å². The summed E-state index contributed by atoms with van der Waals surface area (Å²) in [6.07, 6.45) is 3.05. The van der Waals surface area contributed by atoms with Gasteiger partial charge in [-0.2, -0.15) is 0 Å². The summed E-state index contributed by atoms with van der Waals surface area (Å²) in [6.45, 7) is 1.74. The zero-order chi connectivity index (χ0) is 8.39. The molecule has 1 saturated heterocycles. The first-order chi connectivity index (χ1) is 5.86. The second-order valence-electron chi connectivity index (χ2n) is 2.97. The Bertz CT molecular complexity index is 254. The summed E-state index contributed by atoms with van der Waals surface area (Å²) in [5.41, 5.74) is 1.29. The monoisotopic (exact) mass is 227 g/mol. The molecule has 12 heavy (non-hydrogen) atoms. The standard InChI is InChI=1S/C9H10BrNO/c10-9-2-1-7(5-11-9)8-3-4-12-6-8/h1-2,5,8H,3-4,6H2. The number of hydrogen-bond acceptors (Lipinski definition) is 2. The van der Waals surface area contributed by atoms with Crippen molar-refractivity contribution in [2.75, 3.05) is 13.2 Å². The molecule has 2 heterocycles. The Morgan fingerprint density at radius 2 is 2.42 bits per heavy atom. The maximum Gasteiger partial charge on any atom is 0.106 e. The molecular formula is C9H10BrNO. The minimum atomic E-state index is 0.561. The van der Waals surface area contributed by atoms with Crippen molar-refractivity contribution >= 4 is 15.9 Å². The highest BCUT2D eigenvalue weighted by atomic mass is 79.9. The second-order valence-corrected chi connectivity index (χ2v) is 3.79. The molecule has 0 radical (unpaired) electrons. The predicted octanol–water partition coefficient (Wildman–Crippen LogP) is 2.35. The SMILES string of the molecule is Brc1ccc(C2CCOC2)cn1. The molecular weight excluding hydrogens is 218 g/mol. The van der Waals surface area contributed by atoms with Crippen molar-refractivity contribution in [1.29, 1.82) is 0 Å². The Kier molecular flexibility index (Phi) is 2.42. The Morgan fingerprint density at radius 3 is 3.00 bits per heavy atom. The van der Waals surface area contributed by atoms with Crippen molar-refractivity contribution in [3.05, 3.63) is 28.5 Å². The molecule has 0 N–H and O–H groups in total. The number of aromatic nitrogens is 1. The maximum absolute atomic E-state index is 5.30. The average Bonchev–Trinajstić information content (AvgIpc) is 2.58. The van der Waals surface area contributed by atoms with Gasteiger partial charge in [0.15, 0.2) is 0 Å². The van der Waals surface area contributed by atoms with E-state index in [1.54, 1.807) is 0 Å². The van der Waals surface area contributed by atoms with E-state index in [1.165, 1.54) is 5.56 Å². The molecule has 64 valence electrons. The molecule has 0 amide bonds. The van der Waals surface area contributed by atoms with Gasteiger partial charge in [0.25, 0.3) is 0 Å². The molecule has 1 aliphatic rings. The molecule has 3 heteroatoms. The van der Waals surface area contributed by atoms with Crippen LogP contribution in [0.3, 0.4) is 0 Å². The Hall–Kier alpha value is -0.410. The van der Waals surface area contributed by atoms with Crippen molar-refractivity contribution in [2.24, 2.45) is 0 Å². The van der Waals surface area contributed by atoms with Crippen LogP contribution in [0.25, 0.3) is 0 Å². The number of hydrogen-bond donors (Lipinski definition) is 0. The van der Waals surface area contributed by atoms with Crippen molar-refractivity contribution in [3.8, 4) is 0 Å². The van der Waals surface area contributed by atoms with Crippen LogP contribution in [0.2, 0.25) is 0 Å². The third kappa shape index (κ3) is 1.67. The molecule has 0 aromatic carbocycles. The van der Waals surface area contributed by atoms with E-state index in [1.807, 2.05) is 12.3 Å². The predicted molar refractivity (Wildman–Crippen MR) is 50.1 cm³/mol. The van der Waals surface area contributed by atoms with Crippen molar-refractivity contribution in [2.45, 2.75) is 12.3 Å². The third-order valence-corrected chi connectivity index (χ3v) is 2.62. The van der Waals surface area contributed by atoms with Gasteiger partial charge in [-0.1, -0.05) is 6.07 Å². The summed E-state index contributed by atoms with van der Waals surface area (Å²) in [5.74, 6) is 0.561. The fourth-order valence-corrected chi connectivity index (χ4v) is 1.66. The summed E-state index contributed by atoms with van der Waals surface area (Å²) >= 11 is 3.31. The van der Waals surface area contributed by atoms with Crippen LogP contribution < -0.4 is 0 Å². The van der Waals surface area contributed by atoms with Gasteiger partial charge in [-0.25, -0.2) is 4.98 Å². The first-order valence-corrected chi connectivity index (χ1v) is 4.85. The van der Waals surface area contributed by atoms with Crippen molar-refractivity contribution < 1.29 is 4.74 Å². The van der Waals surface area contributed by atoms with E-state index in [-0.39, 0.29) is 0 Å². The second kappa shape index (κ2) is 3.54. The number of pyridine rings is 1. The lowest BCUT2D eigenvalue weighted by molar-refractivity contribution is 0.194. The summed E-state index contributed by atoms with van der Waals surface area (Å²) < 4.78 is 6.20. The Morgan fingerprint density at radius 1 is 1.50 bits per heavy atom. The lowest BCUT2D eigenvalue weighted by atomic mass is 10.0. The Balaban J connectivity index is 2.17. The Labute approximate surface area is 80.1 Å². The fourth-order valence-electron chi connectivity index (χ4n) is 1.43. The van der Waals surface area contributed by atoms with Gasteiger partial charge < -0.3 is 4.74 Å². The van der Waals surface area contributed by atoms with Gasteiger partial charge >= 0.3 is 0 Å². The highest BCUT2D eigenvalue weighted by Gasteiger charge is 2.17. The minimum Gasteiger partial charge on any atom is -0.381 e. The smallest absolute Gasteiger partial charge is 0.106 e. The largest absolute Gasteiger partial charge is 0.381 e. The van der Waals surface area contributed by atoms with E-state index in [4.69, 9.17) is 4.74 Å². The number of nitrogens with zero attached hydrogens (tertiary/aromatic N) is 1. The molecule has 2 rings (SSSR count). The van der Waals surface area contributed by atoms with Gasteiger partial charge in [-0.3, -0.25) is 0 Å². The quantitative estimate of drug-likeness (QED) is 0.688. The summed E-state index contributed by atoms with van der Waals surface area (Å²) in [4.78, 5) is 4.18. The van der Waals surface area contributed by atoms with Crippen molar-refractivity contribution in [3.63, 3.8) is 0 Å². The third-order valence-electron chi connectivity index (χ3n) is 2.15. The van der Waals surface area contributed by atoms with Crippen LogP contribution >= 0.6 is 15.9 Å². The van der Waals surface area contributed by atoms with E-state index in [0.717, 1.165) is 24.2 Å². The van der Waals surface area contributed by atoms with Gasteiger partial charge in [-0.05, 0) is 34.0 Å². The summed E-state index contributed by atoms with van der Waals surface area (Å²) in [6, 6.07) is 4.09. The molecule has 1 aliphatic heterocycles. The minimum absolute atomic E-state index is 0.561. The van der Waals surface area contributed by atoms with Crippen molar-refractivity contribution in [1.82, 2.24) is 4.98 Å². The van der Waals surface area contributed by atoms with Gasteiger partial charge in [-0.15, -0.1) is 0 Å². The van der Waals surface area contributed by atoms with Crippen LogP contribution in [-0.2, 0) is 4.74 Å². The molecule has 1 aromatic heterocycles. The summed E-state index contributed by atoms with van der Waals surface area (Å²) in [5, 5.41) is 0. The molecule has 1 unspecified atom stereocenters. The van der Waals surface area contributed by atoms with E-state index in [2.05, 4.69) is 27.0 Å². The highest BCUT2D eigenvalue weighted by molar-refractivity contribution is 9.10. The van der Waals surface area contributed by atoms with Gasteiger partial charge in [0, 0.05) is 18.7 Å². The number of rotatable bonds is 1. The zero-order valence-electron chi connectivity index (χ0n) is 6.66. The van der Waals surface area contributed by atoms with Crippen LogP contribution in [0.4, 0.5) is 0 Å². The van der Waals surface area contributed by atoms with Crippen LogP contribution in [0.5, 0.6) is 0 Å². The van der Waals surface area contributed by atoms with Gasteiger partial charge in [0.1, 0.15) is 4.60 Å². The van der Waals surface area contributed by atoms with E-state index in [0.29, 0.717) is 5.92 Å². The number of ether oxygens (including phenoxy) is 1. The maximum atomic E-state index is 5.30. The fraction of sp³-hybridized carbons (Fsp3) is 0.444. The molecule has 2 nitrogen and oxygen atoms in total. The lowest BCUT2D eigenvalue weighted by Gasteiger charge is -2.05. The van der Waals surface area contributed by atoms with E-state index >= 15 is 0 Å². The molecule has 0 spiro atoms. The van der Waals surface area contributed by atoms with Crippen LogP contribution in [-0.4, -0.2) is 18.2 Å². The molecule has 0 saturated carbocycles. The zero-order valence-corrected chi connectivity index (χ0v) is 8.25. The molecule has 0 aliphatic carbocycles. The number of halogens is 1. The molecule has 1 aromatic rings. The molecule has 1 fully saturated rings. The van der Waals surface area contributed by atoms with Gasteiger partial charge in [0.05, 0.1) is 6.61 Å². The topological polar surface area (TPSA) is 22.1 Å². The van der Waals surface area contributed by atoms with E-state index < -0.39 is 0 Å². The molecule has 1 atom stereocenters. The lowest BCUT2D eigenvalue weighted by Crippen LogP contribution is -1.97. The first-order valence-electron chi connectivity index (χ1n) is 4.05. The van der Waals surface area contributed by atoms with Crippen LogP contribution in [0.15, 0.2) is 22.9 Å². The normalized spacial score (nSPS) is 22.9. The average molecular weight is 228 g/mol. The van der Waals surface area contributed by atoms with Crippen LogP contribution in [0.1, 0.15) is 17.9 Å². The first kappa shape index (κ1) is 8.20. The summed E-state index contributed by atoms with van der Waals surface area (Å²) in [7, 11) is 0. The molecule has 0 bridgehead atoms. The highest BCUT2D eigenvalue weighted by Crippen LogP contribution is 2.24.